The molecule has 2 nitrogen and oxygen atoms in total. The quantitative estimate of drug-likeness (QED) is 0.602. The summed E-state index contributed by atoms with van der Waals surface area (Å²) in [7, 11) is 0. The van der Waals surface area contributed by atoms with E-state index in [1.807, 2.05) is 6.07 Å². The van der Waals surface area contributed by atoms with E-state index < -0.39 is 6.17 Å². The molecule has 1 fully saturated rings. The molecule has 3 heteroatoms. The molecular weight excluding hydrogens is 119 g/mol. The number of aromatic nitrogens is 2. The minimum atomic E-state index is -0.620. The zero-order valence-corrected chi connectivity index (χ0v) is 4.84. The van der Waals surface area contributed by atoms with Gasteiger partial charge in [-0.2, -0.15) is 5.10 Å². The van der Waals surface area contributed by atoms with Crippen molar-refractivity contribution in [3.8, 4) is 0 Å². The van der Waals surface area contributed by atoms with Gasteiger partial charge < -0.3 is 0 Å². The topological polar surface area (TPSA) is 28.7 Å². The molecule has 1 aromatic rings. The summed E-state index contributed by atoms with van der Waals surface area (Å²) in [6.45, 7) is 0. The fourth-order valence-corrected chi connectivity index (χ4v) is 0.959. The lowest BCUT2D eigenvalue weighted by Gasteiger charge is -1.84. The van der Waals surface area contributed by atoms with Crippen molar-refractivity contribution in [2.24, 2.45) is 0 Å². The van der Waals surface area contributed by atoms with Crippen LogP contribution in [0.5, 0.6) is 0 Å². The summed E-state index contributed by atoms with van der Waals surface area (Å²) in [5.74, 6) is 0.118. The van der Waals surface area contributed by atoms with E-state index in [9.17, 15) is 4.39 Å². The first kappa shape index (κ1) is 4.97. The van der Waals surface area contributed by atoms with E-state index >= 15 is 0 Å². The van der Waals surface area contributed by atoms with Gasteiger partial charge in [-0.3, -0.25) is 5.10 Å². The summed E-state index contributed by atoms with van der Waals surface area (Å²) in [5, 5.41) is 6.47. The van der Waals surface area contributed by atoms with Crippen LogP contribution in [0.4, 0.5) is 4.39 Å². The maximum Gasteiger partial charge on any atom is 0.109 e. The van der Waals surface area contributed by atoms with Crippen molar-refractivity contribution in [3.05, 3.63) is 18.0 Å². The molecule has 2 rings (SSSR count). The molecule has 1 saturated carbocycles. The highest BCUT2D eigenvalue weighted by Crippen LogP contribution is 2.42. The molecule has 0 unspecified atom stereocenters. The average molecular weight is 126 g/mol. The van der Waals surface area contributed by atoms with Gasteiger partial charge in [0.15, 0.2) is 0 Å². The predicted molar refractivity (Wildman–Crippen MR) is 30.8 cm³/mol. The fourth-order valence-electron chi connectivity index (χ4n) is 0.959. The van der Waals surface area contributed by atoms with Crippen LogP contribution in [0.15, 0.2) is 12.3 Å². The highest BCUT2D eigenvalue weighted by atomic mass is 19.1. The largest absolute Gasteiger partial charge is 0.282 e. The molecule has 1 heterocycles. The standard InChI is InChI=1S/C6H7FN2/c7-5-3-4(5)6-1-2-8-9-6/h1-2,4-5H,3H2,(H,8,9)/t4-,5+/m1/s1. The number of nitrogens with zero attached hydrogens (tertiary/aromatic N) is 1. The van der Waals surface area contributed by atoms with Crippen molar-refractivity contribution in [3.63, 3.8) is 0 Å². The van der Waals surface area contributed by atoms with E-state index in [4.69, 9.17) is 0 Å². The number of H-pyrrole nitrogens is 1. The third-order valence-corrected chi connectivity index (χ3v) is 1.63. The zero-order chi connectivity index (χ0) is 6.27. The number of halogens is 1. The van der Waals surface area contributed by atoms with Crippen LogP contribution < -0.4 is 0 Å². The van der Waals surface area contributed by atoms with Gasteiger partial charge in [0.1, 0.15) is 6.17 Å². The SMILES string of the molecule is F[C@H]1C[C@H]1c1ccn[nH]1. The molecule has 1 aromatic heterocycles. The second-order valence-electron chi connectivity index (χ2n) is 2.37. The van der Waals surface area contributed by atoms with Crippen LogP contribution in [0.2, 0.25) is 0 Å². The lowest BCUT2D eigenvalue weighted by atomic mass is 10.3. The fraction of sp³-hybridized carbons (Fsp3) is 0.500. The third kappa shape index (κ3) is 0.724. The lowest BCUT2D eigenvalue weighted by Crippen LogP contribution is -1.81. The molecule has 0 saturated heterocycles. The zero-order valence-electron chi connectivity index (χ0n) is 4.84. The predicted octanol–water partition coefficient (Wildman–Crippen LogP) is 1.24. The minimum absolute atomic E-state index is 0.118. The number of rotatable bonds is 1. The van der Waals surface area contributed by atoms with Gasteiger partial charge in [-0.1, -0.05) is 0 Å². The molecule has 48 valence electrons. The van der Waals surface area contributed by atoms with Crippen LogP contribution in [-0.2, 0) is 0 Å². The summed E-state index contributed by atoms with van der Waals surface area (Å²) in [6, 6.07) is 1.82. The number of alkyl halides is 1. The molecule has 1 aliphatic rings. The molecule has 0 aromatic carbocycles. The van der Waals surface area contributed by atoms with Crippen molar-refractivity contribution >= 4 is 0 Å². The van der Waals surface area contributed by atoms with Gasteiger partial charge in [0.2, 0.25) is 0 Å². The molecule has 0 amide bonds. The Hall–Kier alpha value is -0.860. The average Bonchev–Trinajstić information content (AvgIpc) is 2.44. The van der Waals surface area contributed by atoms with Crippen molar-refractivity contribution in [2.45, 2.75) is 18.5 Å². The van der Waals surface area contributed by atoms with Gasteiger partial charge in [0.25, 0.3) is 0 Å². The Morgan fingerprint density at radius 1 is 1.78 bits per heavy atom. The summed E-state index contributed by atoms with van der Waals surface area (Å²) < 4.78 is 12.3. The smallest absolute Gasteiger partial charge is 0.109 e. The number of nitrogens with one attached hydrogen (secondary N) is 1. The summed E-state index contributed by atoms with van der Waals surface area (Å²) in [5.41, 5.74) is 0.933. The minimum Gasteiger partial charge on any atom is -0.282 e. The summed E-state index contributed by atoms with van der Waals surface area (Å²) in [6.07, 6.45) is 1.70. The Bertz CT molecular complexity index is 195. The van der Waals surface area contributed by atoms with Crippen LogP contribution in [0.3, 0.4) is 0 Å². The highest BCUT2D eigenvalue weighted by molar-refractivity contribution is 5.16. The molecule has 1 N–H and O–H groups in total. The van der Waals surface area contributed by atoms with Crippen LogP contribution >= 0.6 is 0 Å². The van der Waals surface area contributed by atoms with Crippen LogP contribution in [0, 0.1) is 0 Å². The van der Waals surface area contributed by atoms with Crippen molar-refractivity contribution in [1.82, 2.24) is 10.2 Å². The molecular formula is C6H7FN2. The number of hydrogen-bond donors (Lipinski definition) is 1. The molecule has 2 atom stereocenters. The van der Waals surface area contributed by atoms with Gasteiger partial charge in [-0.05, 0) is 12.5 Å². The molecule has 0 spiro atoms. The van der Waals surface area contributed by atoms with Crippen LogP contribution in [0.25, 0.3) is 0 Å². The van der Waals surface area contributed by atoms with E-state index in [1.165, 1.54) is 0 Å². The van der Waals surface area contributed by atoms with E-state index in [0.717, 1.165) is 5.69 Å². The van der Waals surface area contributed by atoms with Crippen molar-refractivity contribution in [1.29, 1.82) is 0 Å². The second kappa shape index (κ2) is 1.56. The molecule has 1 aliphatic carbocycles. The van der Waals surface area contributed by atoms with Gasteiger partial charge in [0, 0.05) is 17.8 Å². The van der Waals surface area contributed by atoms with E-state index in [-0.39, 0.29) is 5.92 Å². The second-order valence-corrected chi connectivity index (χ2v) is 2.37. The molecule has 9 heavy (non-hydrogen) atoms. The first-order chi connectivity index (χ1) is 4.38. The third-order valence-electron chi connectivity index (χ3n) is 1.63. The van der Waals surface area contributed by atoms with Gasteiger partial charge in [0.05, 0.1) is 0 Å². The Labute approximate surface area is 52.1 Å². The van der Waals surface area contributed by atoms with Gasteiger partial charge in [-0.25, -0.2) is 4.39 Å². The first-order valence-electron chi connectivity index (χ1n) is 3.01. The number of hydrogen-bond acceptors (Lipinski definition) is 1. The first-order valence-corrected chi connectivity index (χ1v) is 3.01. The maximum atomic E-state index is 12.3. The molecule has 0 bridgehead atoms. The van der Waals surface area contributed by atoms with E-state index in [0.29, 0.717) is 6.42 Å². The van der Waals surface area contributed by atoms with Crippen molar-refractivity contribution < 1.29 is 4.39 Å². The Morgan fingerprint density at radius 3 is 3.00 bits per heavy atom. The van der Waals surface area contributed by atoms with E-state index in [1.54, 1.807) is 6.20 Å². The lowest BCUT2D eigenvalue weighted by molar-refractivity contribution is 0.466. The Morgan fingerprint density at radius 2 is 2.56 bits per heavy atom. The Kier molecular flexibility index (Phi) is 0.860. The molecule has 0 aliphatic heterocycles. The maximum absolute atomic E-state index is 12.3. The summed E-state index contributed by atoms with van der Waals surface area (Å²) in [4.78, 5) is 0. The van der Waals surface area contributed by atoms with Crippen LogP contribution in [0.1, 0.15) is 18.0 Å². The highest BCUT2D eigenvalue weighted by Gasteiger charge is 2.39. The van der Waals surface area contributed by atoms with Crippen LogP contribution in [-0.4, -0.2) is 16.4 Å². The van der Waals surface area contributed by atoms with Gasteiger partial charge >= 0.3 is 0 Å². The summed E-state index contributed by atoms with van der Waals surface area (Å²) >= 11 is 0. The van der Waals surface area contributed by atoms with Crippen molar-refractivity contribution in [2.75, 3.05) is 0 Å². The van der Waals surface area contributed by atoms with E-state index in [2.05, 4.69) is 10.2 Å². The number of aromatic amines is 1. The normalized spacial score (nSPS) is 32.6. The molecule has 0 radical (unpaired) electrons. The van der Waals surface area contributed by atoms with Gasteiger partial charge in [-0.15, -0.1) is 0 Å². The monoisotopic (exact) mass is 126 g/mol. The Balaban J connectivity index is 2.18.